The average Bonchev–Trinajstić information content (AvgIpc) is 1.71. The number of carbonyl (C=O) groups excluding carboxylic acids is 6. The fourth-order valence-electron chi connectivity index (χ4n) is 15.8. The highest BCUT2D eigenvalue weighted by Gasteiger charge is 2.37. The molecule has 30 heteroatoms. The first-order chi connectivity index (χ1) is 61.7. The second-order valence-corrected chi connectivity index (χ2v) is 33.6. The van der Waals surface area contributed by atoms with Crippen LogP contribution in [0.25, 0.3) is 16.3 Å². The highest BCUT2D eigenvalue weighted by atomic mass is 35.5. The second kappa shape index (κ2) is 50.2. The minimum atomic E-state index is -0.449. The molecule has 3 aliphatic rings. The van der Waals surface area contributed by atoms with E-state index in [1.165, 1.54) is 28.5 Å². The van der Waals surface area contributed by atoms with E-state index in [4.69, 9.17) is 73.9 Å². The number of hydrogen-bond acceptors (Lipinski definition) is 15. The van der Waals surface area contributed by atoms with Gasteiger partial charge in [0.1, 0.15) is 5.75 Å². The van der Waals surface area contributed by atoms with Gasteiger partial charge in [-0.05, 0) is 151 Å². The van der Waals surface area contributed by atoms with Crippen molar-refractivity contribution < 1.29 is 33.5 Å². The van der Waals surface area contributed by atoms with Crippen LogP contribution in [-0.2, 0) is 24.0 Å². The van der Waals surface area contributed by atoms with Crippen molar-refractivity contribution in [2.24, 2.45) is 49.4 Å². The van der Waals surface area contributed by atoms with Crippen molar-refractivity contribution in [2.45, 2.75) is 112 Å². The van der Waals surface area contributed by atoms with Gasteiger partial charge in [0.05, 0.1) is 38.9 Å². The summed E-state index contributed by atoms with van der Waals surface area (Å²) in [6.07, 6.45) is 8.94. The van der Waals surface area contributed by atoms with Gasteiger partial charge in [-0.1, -0.05) is 229 Å². The zero-order valence-corrected chi connectivity index (χ0v) is 74.2. The Morgan fingerprint density at radius 2 is 0.850 bits per heavy atom. The Bertz CT molecular complexity index is 5150. The minimum absolute atomic E-state index is 0.0155. The monoisotopic (exact) mass is 1790 g/mol. The van der Waals surface area contributed by atoms with Crippen molar-refractivity contribution in [1.29, 1.82) is 0 Å². The van der Waals surface area contributed by atoms with Gasteiger partial charge in [0, 0.05) is 136 Å². The van der Waals surface area contributed by atoms with Crippen LogP contribution in [0.1, 0.15) is 125 Å². The number of nitrogens with zero attached hydrogens (tertiary/aromatic N) is 7. The Balaban J connectivity index is 0.000000185. The third-order valence-electron chi connectivity index (χ3n) is 22.3. The van der Waals surface area contributed by atoms with E-state index < -0.39 is 18.1 Å². The lowest BCUT2D eigenvalue weighted by atomic mass is 9.90. The molecule has 0 bridgehead atoms. The summed E-state index contributed by atoms with van der Waals surface area (Å²) in [4.78, 5) is 102. The van der Waals surface area contributed by atoms with Gasteiger partial charge in [0.25, 0.3) is 11.8 Å². The minimum Gasteiger partial charge on any atom is -0.482 e. The molecule has 6 atom stereocenters. The van der Waals surface area contributed by atoms with E-state index in [0.29, 0.717) is 163 Å². The van der Waals surface area contributed by atoms with Gasteiger partial charge in [-0.2, -0.15) is 0 Å². The number of ether oxygens (including phenoxy) is 1. The molecule has 26 nitrogen and oxygen atoms in total. The highest BCUT2D eigenvalue weighted by Crippen LogP contribution is 2.33. The maximum Gasteiger partial charge on any atom is 0.257 e. The number of rotatable bonds is 36. The average molecular weight is 1800 g/mol. The number of thiazole rings is 1. The molecular weight excluding hydrogens is 1680 g/mol. The van der Waals surface area contributed by atoms with Crippen LogP contribution in [0.2, 0.25) is 15.1 Å². The van der Waals surface area contributed by atoms with Crippen LogP contribution in [0.4, 0.5) is 0 Å². The molecule has 10 aromatic rings. The number of halogens is 3. The van der Waals surface area contributed by atoms with Crippen molar-refractivity contribution in [2.75, 3.05) is 85.1 Å². The van der Waals surface area contributed by atoms with Crippen molar-refractivity contribution in [3.63, 3.8) is 0 Å². The first-order valence-corrected chi connectivity index (χ1v) is 45.0. The van der Waals surface area contributed by atoms with E-state index in [1.54, 1.807) is 48.0 Å². The van der Waals surface area contributed by atoms with Crippen LogP contribution in [0.15, 0.2) is 269 Å². The largest absolute Gasteiger partial charge is 0.482 e. The summed E-state index contributed by atoms with van der Waals surface area (Å²) in [5, 5.41) is 21.0. The number of nitrogens with two attached hydrogens (primary N) is 6. The molecule has 0 unspecified atom stereocenters. The quantitative estimate of drug-likeness (QED) is 0.00751. The van der Waals surface area contributed by atoms with Crippen molar-refractivity contribution in [3.8, 4) is 5.75 Å². The van der Waals surface area contributed by atoms with Gasteiger partial charge in [-0.25, -0.2) is 4.98 Å². The summed E-state index contributed by atoms with van der Waals surface area (Å²) < 4.78 is 6.54. The van der Waals surface area contributed by atoms with Gasteiger partial charge in [-0.3, -0.25) is 43.7 Å². The molecule has 3 fully saturated rings. The number of benzene rings is 9. The summed E-state index contributed by atoms with van der Waals surface area (Å²) in [5.41, 5.74) is 44.0. The van der Waals surface area contributed by atoms with E-state index in [2.05, 4.69) is 125 Å². The first kappa shape index (κ1) is 95.4. The van der Waals surface area contributed by atoms with Crippen LogP contribution in [0, 0.1) is 0 Å². The molecule has 3 saturated heterocycles. The predicted molar refractivity (Wildman–Crippen MR) is 510 cm³/mol. The summed E-state index contributed by atoms with van der Waals surface area (Å²) in [5.74, 6) is 0.0595. The molecule has 3 aliphatic heterocycles. The summed E-state index contributed by atoms with van der Waals surface area (Å²) in [6.45, 7) is 5.62. The number of carbonyl (C=O) groups is 6. The molecule has 1 aromatic heterocycles. The van der Waals surface area contributed by atoms with Crippen LogP contribution in [0.3, 0.4) is 0 Å². The van der Waals surface area contributed by atoms with Crippen molar-refractivity contribution >= 4 is 116 Å². The fourth-order valence-corrected chi connectivity index (χ4v) is 17.2. The topological polar surface area (TPSA) is 400 Å². The lowest BCUT2D eigenvalue weighted by Crippen LogP contribution is -2.49. The van der Waals surface area contributed by atoms with E-state index in [0.717, 1.165) is 38.0 Å². The second-order valence-electron chi connectivity index (χ2n) is 31.5. The van der Waals surface area contributed by atoms with Gasteiger partial charge in [0.15, 0.2) is 24.5 Å². The first-order valence-electron chi connectivity index (χ1n) is 42.9. The Morgan fingerprint density at radius 1 is 0.465 bits per heavy atom. The molecule has 666 valence electrons. The molecule has 13 rings (SSSR count). The van der Waals surface area contributed by atoms with E-state index in [-0.39, 0.29) is 95.8 Å². The zero-order valence-electron chi connectivity index (χ0n) is 71.1. The maximum atomic E-state index is 14.0. The van der Waals surface area contributed by atoms with Crippen molar-refractivity contribution in [3.05, 3.63) is 314 Å². The normalized spacial score (nSPS) is 17.1. The van der Waals surface area contributed by atoms with Crippen LogP contribution in [-0.4, -0.2) is 194 Å². The number of fused-ring (bicyclic) bond motifs is 1. The Hall–Kier alpha value is -12.2. The summed E-state index contributed by atoms with van der Waals surface area (Å²) >= 11 is 19.6. The number of aliphatic imine (C=N–C) groups is 3. The molecule has 18 N–H and O–H groups in total. The Labute approximate surface area is 761 Å². The molecule has 0 aliphatic carbocycles. The SMILES string of the molecule is NC(N)=NCCC[C@@H]1N[C@H](CNC(=O)/C=C/c2cccc(Cl)c2)CCN(CC(c2ccccc2)c2ccccc2)C1=O.NC(N)=NCCC[C@@H]1N[C@H](CNC(=O)COc2ccc(Cl)cc2Cl)CCN(CC(c2ccccc2)c2ccccc2)C1=O.NC(N)=NCCC[C@@H]1N[C@H](CNC(=O)c2ccc3ncsc3c2)CCN(CC(c2ccccc2)c2ccccc2)C1=O. The summed E-state index contributed by atoms with van der Waals surface area (Å²) in [6, 6.07) is 77.8. The molecule has 0 spiro atoms. The lowest BCUT2D eigenvalue weighted by Gasteiger charge is -2.29. The van der Waals surface area contributed by atoms with E-state index in [9.17, 15) is 28.8 Å². The number of nitrogens with one attached hydrogen (secondary N) is 6. The van der Waals surface area contributed by atoms with E-state index in [1.807, 2.05) is 148 Å². The number of amides is 6. The fraction of sp³-hybridized carbons (Fsp3) is 0.320. The van der Waals surface area contributed by atoms with Crippen LogP contribution < -0.4 is 71.0 Å². The predicted octanol–water partition coefficient (Wildman–Crippen LogP) is 11.3. The van der Waals surface area contributed by atoms with Gasteiger partial charge >= 0.3 is 0 Å². The summed E-state index contributed by atoms with van der Waals surface area (Å²) in [7, 11) is 0. The van der Waals surface area contributed by atoms with Gasteiger partial charge in [-0.15, -0.1) is 11.3 Å². The molecule has 9 aromatic carbocycles. The molecule has 4 heterocycles. The van der Waals surface area contributed by atoms with Gasteiger partial charge < -0.3 is 85.7 Å². The Morgan fingerprint density at radius 3 is 1.24 bits per heavy atom. The third kappa shape index (κ3) is 30.8. The number of guanidine groups is 3. The zero-order chi connectivity index (χ0) is 89.7. The van der Waals surface area contributed by atoms with Crippen LogP contribution >= 0.6 is 46.1 Å². The molecule has 6 amide bonds. The molecule has 0 saturated carbocycles. The standard InChI is InChI=1S/C33H39ClN6O2.C32H38Cl2N6O3.C32H37N7O2S/c34-27-14-7-9-24(21-27)16-17-31(41)38-22-28-18-20-40(32(42)30(39-28)15-8-19-37-33(35)36)23-29(25-10-3-1-4-11-25)26-12-5-2-6-13-26;33-24-13-14-29(27(34)18-24)43-21-30(41)38-19-25-15-17-40(31(42)28(39-25)12-7-16-37-32(35)36)20-26(22-8-3-1-4-9-22)23-10-5-2-6-11-23;33-32(34)35-16-7-12-28-31(41)39(20-26(22-8-3-1-4-9-22)23-10-5-2-6-11-23)17-15-25(38-28)19-36-30(40)24-13-14-27-29(18-24)42-21-37-27/h1-7,9-14,16-17,21,28-30,39H,8,15,18-20,22-23H2,(H,38,41)(H4,35,36,37);1-6,8-11,13-14,18,25-26,28,39H,7,12,15-17,19-21H2,(H,38,41)(H4,35,36,37);1-6,8-11,13-14,18,21,25-26,28,38H,7,12,15-17,19-20H2,(H,36,40)(H4,33,34,35)/b17-16+;;/t28-,30-;2*25-,28-/m000/s1. The highest BCUT2D eigenvalue weighted by molar-refractivity contribution is 7.16. The lowest BCUT2D eigenvalue weighted by molar-refractivity contribution is -0.133. The maximum absolute atomic E-state index is 14.0. The molecule has 0 radical (unpaired) electrons. The van der Waals surface area contributed by atoms with E-state index >= 15 is 0 Å². The van der Waals surface area contributed by atoms with Crippen LogP contribution in [0.5, 0.6) is 5.75 Å². The smallest absolute Gasteiger partial charge is 0.257 e. The van der Waals surface area contributed by atoms with Gasteiger partial charge in [0.2, 0.25) is 23.6 Å². The van der Waals surface area contributed by atoms with Crippen molar-refractivity contribution in [1.82, 2.24) is 51.6 Å². The number of aromatic nitrogens is 1. The molecular formula is C97H114Cl3N19O7S. The Kier molecular flexibility index (Phi) is 37.7. The third-order valence-corrected chi connectivity index (χ3v) is 23.9. The number of hydrogen-bond donors (Lipinski definition) is 12. The molecule has 127 heavy (non-hydrogen) atoms.